The molecular weight excluding hydrogens is 352 g/mol. The van der Waals surface area contributed by atoms with Crippen LogP contribution in [0.3, 0.4) is 0 Å². The smallest absolute Gasteiger partial charge is 0.251 e. The summed E-state index contributed by atoms with van der Waals surface area (Å²) in [6, 6.07) is 17.3. The summed E-state index contributed by atoms with van der Waals surface area (Å²) >= 11 is 0. The number of hydrogen-bond acceptors (Lipinski definition) is 4. The number of carbonyl (C=O) groups is 1. The van der Waals surface area contributed by atoms with Crippen LogP contribution in [-0.2, 0) is 6.54 Å². The molecule has 2 saturated heterocycles. The number of carbonyl (C=O) groups excluding carboxylic acids is 1. The van der Waals surface area contributed by atoms with Crippen LogP contribution in [-0.4, -0.2) is 43.2 Å². The molecule has 2 fully saturated rings. The van der Waals surface area contributed by atoms with Gasteiger partial charge in [-0.2, -0.15) is 0 Å². The summed E-state index contributed by atoms with van der Waals surface area (Å²) in [5, 5.41) is 3.25. The first kappa shape index (κ1) is 18.8. The highest BCUT2D eigenvalue weighted by atomic mass is 16.5. The van der Waals surface area contributed by atoms with Gasteiger partial charge in [0.15, 0.2) is 11.5 Å². The molecule has 2 aromatic rings. The third kappa shape index (κ3) is 3.85. The largest absolute Gasteiger partial charge is 0.493 e. The molecule has 2 heterocycles. The van der Waals surface area contributed by atoms with Crippen LogP contribution in [0.4, 0.5) is 0 Å². The third-order valence-electron chi connectivity index (χ3n) is 6.07. The fourth-order valence-electron chi connectivity index (χ4n) is 4.69. The van der Waals surface area contributed by atoms with Gasteiger partial charge in [-0.15, -0.1) is 0 Å². The second kappa shape index (κ2) is 8.23. The third-order valence-corrected chi connectivity index (χ3v) is 6.07. The van der Waals surface area contributed by atoms with E-state index in [2.05, 4.69) is 40.5 Å². The topological polar surface area (TPSA) is 50.8 Å². The molecule has 0 aliphatic carbocycles. The number of fused-ring (bicyclic) bond motifs is 2. The number of rotatable bonds is 6. The zero-order chi connectivity index (χ0) is 19.5. The minimum absolute atomic E-state index is 0.0399. The number of methoxy groups -OCH3 is 2. The van der Waals surface area contributed by atoms with E-state index in [0.717, 1.165) is 19.4 Å². The van der Waals surface area contributed by atoms with Crippen LogP contribution >= 0.6 is 0 Å². The minimum Gasteiger partial charge on any atom is -0.493 e. The molecule has 0 saturated carbocycles. The van der Waals surface area contributed by atoms with Gasteiger partial charge in [-0.3, -0.25) is 9.69 Å². The standard InChI is InChI=1S/C23H28N2O3/c1-27-21-11-8-17(12-22(21)28-2)23(26)24-18-13-19-9-10-20(14-18)25(19)15-16-6-4-3-5-7-16/h3-8,11-12,18-20H,9-10,13-15H2,1-2H3,(H,24,26)/t19-,20-/m1/s1. The number of nitrogens with zero attached hydrogens (tertiary/aromatic N) is 1. The lowest BCUT2D eigenvalue weighted by molar-refractivity contribution is 0.0827. The van der Waals surface area contributed by atoms with Gasteiger partial charge in [0.1, 0.15) is 0 Å². The Bertz CT molecular complexity index is 810. The van der Waals surface area contributed by atoms with Crippen molar-refractivity contribution in [3.8, 4) is 11.5 Å². The lowest BCUT2D eigenvalue weighted by Crippen LogP contribution is -2.49. The number of piperidine rings is 1. The first-order chi connectivity index (χ1) is 13.7. The molecule has 28 heavy (non-hydrogen) atoms. The van der Waals surface area contributed by atoms with Gasteiger partial charge in [0.25, 0.3) is 5.91 Å². The maximum absolute atomic E-state index is 12.8. The quantitative estimate of drug-likeness (QED) is 0.831. The normalized spacial score (nSPS) is 24.0. The van der Waals surface area contributed by atoms with Gasteiger partial charge in [-0.25, -0.2) is 0 Å². The molecule has 0 aromatic heterocycles. The van der Waals surface area contributed by atoms with E-state index in [0.29, 0.717) is 29.1 Å². The maximum atomic E-state index is 12.8. The highest BCUT2D eigenvalue weighted by Gasteiger charge is 2.40. The van der Waals surface area contributed by atoms with E-state index in [1.54, 1.807) is 32.4 Å². The van der Waals surface area contributed by atoms with Crippen LogP contribution in [0.15, 0.2) is 48.5 Å². The summed E-state index contributed by atoms with van der Waals surface area (Å²) in [4.78, 5) is 15.4. The van der Waals surface area contributed by atoms with Gasteiger partial charge in [-0.05, 0) is 49.4 Å². The fourth-order valence-corrected chi connectivity index (χ4v) is 4.69. The predicted octanol–water partition coefficient (Wildman–Crippen LogP) is 3.63. The van der Waals surface area contributed by atoms with Gasteiger partial charge < -0.3 is 14.8 Å². The van der Waals surface area contributed by atoms with Gasteiger partial charge in [0.2, 0.25) is 0 Å². The number of benzene rings is 2. The number of nitrogens with one attached hydrogen (secondary N) is 1. The molecule has 2 aliphatic heterocycles. The van der Waals surface area contributed by atoms with E-state index in [1.165, 1.54) is 18.4 Å². The second-order valence-electron chi connectivity index (χ2n) is 7.75. The van der Waals surface area contributed by atoms with E-state index in [1.807, 2.05) is 0 Å². The molecule has 2 aromatic carbocycles. The summed E-state index contributed by atoms with van der Waals surface area (Å²) in [6.45, 7) is 1.01. The first-order valence-corrected chi connectivity index (χ1v) is 10.0. The van der Waals surface area contributed by atoms with Crippen molar-refractivity contribution >= 4 is 5.91 Å². The highest BCUT2D eigenvalue weighted by molar-refractivity contribution is 5.95. The number of amides is 1. The Balaban J connectivity index is 1.39. The average molecular weight is 380 g/mol. The van der Waals surface area contributed by atoms with Crippen LogP contribution in [0.25, 0.3) is 0 Å². The summed E-state index contributed by atoms with van der Waals surface area (Å²) in [5.74, 6) is 1.17. The molecule has 5 heteroatoms. The molecule has 5 nitrogen and oxygen atoms in total. The van der Waals surface area contributed by atoms with Crippen LogP contribution in [0, 0.1) is 0 Å². The molecule has 2 bridgehead atoms. The number of hydrogen-bond donors (Lipinski definition) is 1. The van der Waals surface area contributed by atoms with Crippen molar-refractivity contribution in [3.63, 3.8) is 0 Å². The van der Waals surface area contributed by atoms with E-state index in [-0.39, 0.29) is 11.9 Å². The van der Waals surface area contributed by atoms with E-state index < -0.39 is 0 Å². The monoisotopic (exact) mass is 380 g/mol. The van der Waals surface area contributed by atoms with Crippen molar-refractivity contribution in [1.82, 2.24) is 10.2 Å². The van der Waals surface area contributed by atoms with E-state index in [4.69, 9.17) is 9.47 Å². The lowest BCUT2D eigenvalue weighted by Gasteiger charge is -2.39. The molecule has 2 aliphatic rings. The Morgan fingerprint density at radius 2 is 1.68 bits per heavy atom. The molecule has 2 atom stereocenters. The Morgan fingerprint density at radius 3 is 2.32 bits per heavy atom. The molecule has 148 valence electrons. The molecule has 1 N–H and O–H groups in total. The lowest BCUT2D eigenvalue weighted by atomic mass is 9.96. The van der Waals surface area contributed by atoms with Crippen molar-refractivity contribution in [3.05, 3.63) is 59.7 Å². The van der Waals surface area contributed by atoms with E-state index in [9.17, 15) is 4.79 Å². The van der Waals surface area contributed by atoms with Crippen LogP contribution < -0.4 is 14.8 Å². The van der Waals surface area contributed by atoms with Crippen molar-refractivity contribution in [2.24, 2.45) is 0 Å². The van der Waals surface area contributed by atoms with Crippen LogP contribution in [0.2, 0.25) is 0 Å². The Morgan fingerprint density at radius 1 is 1.00 bits per heavy atom. The molecule has 4 rings (SSSR count). The SMILES string of the molecule is COc1ccc(C(=O)NC2C[C@H]3CC[C@H](C2)N3Cc2ccccc2)cc1OC. The molecular formula is C23H28N2O3. The fraction of sp³-hybridized carbons (Fsp3) is 0.435. The van der Waals surface area contributed by atoms with Gasteiger partial charge in [0, 0.05) is 30.2 Å². The maximum Gasteiger partial charge on any atom is 0.251 e. The summed E-state index contributed by atoms with van der Waals surface area (Å²) in [6.07, 6.45) is 4.48. The zero-order valence-corrected chi connectivity index (χ0v) is 16.6. The molecule has 0 spiro atoms. The number of ether oxygens (including phenoxy) is 2. The van der Waals surface area contributed by atoms with Crippen molar-refractivity contribution in [1.29, 1.82) is 0 Å². The summed E-state index contributed by atoms with van der Waals surface area (Å²) in [5.41, 5.74) is 1.98. The Kier molecular flexibility index (Phi) is 5.53. The van der Waals surface area contributed by atoms with Gasteiger partial charge in [-0.1, -0.05) is 30.3 Å². The zero-order valence-electron chi connectivity index (χ0n) is 16.6. The molecule has 0 radical (unpaired) electrons. The van der Waals surface area contributed by atoms with E-state index >= 15 is 0 Å². The Labute approximate surface area is 166 Å². The first-order valence-electron chi connectivity index (χ1n) is 10.0. The van der Waals surface area contributed by atoms with Crippen LogP contribution in [0.5, 0.6) is 11.5 Å². The minimum atomic E-state index is -0.0399. The Hall–Kier alpha value is -2.53. The van der Waals surface area contributed by atoms with Crippen LogP contribution in [0.1, 0.15) is 41.6 Å². The summed E-state index contributed by atoms with van der Waals surface area (Å²) in [7, 11) is 3.18. The average Bonchev–Trinajstić information content (AvgIpc) is 2.96. The predicted molar refractivity (Wildman–Crippen MR) is 109 cm³/mol. The van der Waals surface area contributed by atoms with Crippen molar-refractivity contribution < 1.29 is 14.3 Å². The highest BCUT2D eigenvalue weighted by Crippen LogP contribution is 2.37. The molecule has 1 amide bonds. The van der Waals surface area contributed by atoms with Crippen molar-refractivity contribution in [2.45, 2.75) is 50.4 Å². The molecule has 0 unspecified atom stereocenters. The second-order valence-corrected chi connectivity index (χ2v) is 7.75. The van der Waals surface area contributed by atoms with Crippen molar-refractivity contribution in [2.75, 3.05) is 14.2 Å². The summed E-state index contributed by atoms with van der Waals surface area (Å²) < 4.78 is 10.6. The van der Waals surface area contributed by atoms with Gasteiger partial charge >= 0.3 is 0 Å². The van der Waals surface area contributed by atoms with Gasteiger partial charge in [0.05, 0.1) is 14.2 Å².